The summed E-state index contributed by atoms with van der Waals surface area (Å²) in [6, 6.07) is 10.2. The molecule has 2 aromatic rings. The van der Waals surface area contributed by atoms with Crippen molar-refractivity contribution in [3.63, 3.8) is 0 Å². The number of halogens is 1. The van der Waals surface area contributed by atoms with Crippen LogP contribution in [0.3, 0.4) is 0 Å². The van der Waals surface area contributed by atoms with Gasteiger partial charge in [0.25, 0.3) is 0 Å². The number of aromatic nitrogens is 2. The molecule has 0 fully saturated rings. The van der Waals surface area contributed by atoms with Gasteiger partial charge in [-0.2, -0.15) is 0 Å². The van der Waals surface area contributed by atoms with Crippen LogP contribution in [0.25, 0.3) is 11.3 Å². The lowest BCUT2D eigenvalue weighted by molar-refractivity contribution is 1.02. The molecule has 0 radical (unpaired) electrons. The molecule has 0 atom stereocenters. The maximum atomic E-state index is 4.66. The molecular weight excluding hydrogens is 313 g/mol. The summed E-state index contributed by atoms with van der Waals surface area (Å²) < 4.78 is 2.13. The van der Waals surface area contributed by atoms with Crippen molar-refractivity contribution in [3.05, 3.63) is 42.2 Å². The largest absolute Gasteiger partial charge is 0.297 e. The fraction of sp³-hybridized carbons (Fsp3) is 0.167. The van der Waals surface area contributed by atoms with Crippen LogP contribution in [0.4, 0.5) is 5.82 Å². The highest BCUT2D eigenvalue weighted by Gasteiger charge is 2.20. The molecule has 4 heteroatoms. The summed E-state index contributed by atoms with van der Waals surface area (Å²) in [4.78, 5) is 9.14. The van der Waals surface area contributed by atoms with Crippen molar-refractivity contribution in [1.82, 2.24) is 9.97 Å². The molecule has 0 amide bonds. The Morgan fingerprint density at radius 1 is 1.19 bits per heavy atom. The van der Waals surface area contributed by atoms with Crippen molar-refractivity contribution in [2.45, 2.75) is 6.42 Å². The summed E-state index contributed by atoms with van der Waals surface area (Å²) in [7, 11) is 0. The molecule has 0 bridgehead atoms. The fourth-order valence-corrected chi connectivity index (χ4v) is 2.46. The van der Waals surface area contributed by atoms with Crippen molar-refractivity contribution >= 4 is 28.7 Å². The zero-order valence-corrected chi connectivity index (χ0v) is 10.8. The van der Waals surface area contributed by atoms with Crippen LogP contribution in [-0.4, -0.2) is 16.5 Å². The maximum Gasteiger partial charge on any atom is 0.159 e. The number of rotatable bonds is 1. The first-order chi connectivity index (χ1) is 7.84. The number of hydrogen-bond donors (Lipinski definition) is 0. The molecule has 1 aliphatic heterocycles. The van der Waals surface area contributed by atoms with Gasteiger partial charge in [0, 0.05) is 18.5 Å². The van der Waals surface area contributed by atoms with E-state index in [1.54, 1.807) is 0 Å². The number of anilines is 1. The van der Waals surface area contributed by atoms with Crippen LogP contribution >= 0.6 is 22.9 Å². The Kier molecular flexibility index (Phi) is 2.51. The third-order valence-corrected chi connectivity index (χ3v) is 3.61. The maximum absolute atomic E-state index is 4.66. The summed E-state index contributed by atoms with van der Waals surface area (Å²) in [5.74, 6) is 1.02. The molecule has 1 aromatic heterocycles. The molecule has 16 heavy (non-hydrogen) atoms. The lowest BCUT2D eigenvalue weighted by Crippen LogP contribution is -2.05. The Morgan fingerprint density at radius 2 is 2.00 bits per heavy atom. The molecule has 0 aliphatic carbocycles. The predicted octanol–water partition coefficient (Wildman–Crippen LogP) is 2.86. The summed E-state index contributed by atoms with van der Waals surface area (Å²) >= 11 is 2.29. The van der Waals surface area contributed by atoms with Crippen LogP contribution in [0, 0.1) is 0 Å². The first-order valence-electron chi connectivity index (χ1n) is 5.19. The highest BCUT2D eigenvalue weighted by Crippen LogP contribution is 2.29. The van der Waals surface area contributed by atoms with Gasteiger partial charge >= 0.3 is 0 Å². The third-order valence-electron chi connectivity index (χ3n) is 2.67. The smallest absolute Gasteiger partial charge is 0.159 e. The highest BCUT2D eigenvalue weighted by atomic mass is 127. The Labute approximate surface area is 108 Å². The highest BCUT2D eigenvalue weighted by molar-refractivity contribution is 14.1. The molecule has 3 nitrogen and oxygen atoms in total. The SMILES string of the molecule is IN1CCc2ncc(-c3ccccc3)nc21. The van der Waals surface area contributed by atoms with E-state index >= 15 is 0 Å². The third kappa shape index (κ3) is 1.67. The van der Waals surface area contributed by atoms with Crippen molar-refractivity contribution < 1.29 is 0 Å². The Balaban J connectivity index is 2.08. The van der Waals surface area contributed by atoms with Gasteiger partial charge in [0.2, 0.25) is 0 Å². The monoisotopic (exact) mass is 323 g/mol. The molecule has 0 spiro atoms. The van der Waals surface area contributed by atoms with Crippen molar-refractivity contribution in [2.75, 3.05) is 9.66 Å². The van der Waals surface area contributed by atoms with Gasteiger partial charge in [0.1, 0.15) is 0 Å². The minimum absolute atomic E-state index is 0.947. The van der Waals surface area contributed by atoms with Gasteiger partial charge in [-0.05, 0) is 0 Å². The standard InChI is InChI=1S/C12H10IN3/c13-16-7-6-10-12(16)15-11(8-14-10)9-4-2-1-3-5-9/h1-5,8H,6-7H2. The topological polar surface area (TPSA) is 29.0 Å². The van der Waals surface area contributed by atoms with Gasteiger partial charge < -0.3 is 0 Å². The molecule has 1 aromatic carbocycles. The molecule has 3 rings (SSSR count). The zero-order valence-electron chi connectivity index (χ0n) is 8.60. The minimum atomic E-state index is 0.947. The summed E-state index contributed by atoms with van der Waals surface area (Å²) in [5.41, 5.74) is 3.17. The summed E-state index contributed by atoms with van der Waals surface area (Å²) in [5, 5.41) is 0. The van der Waals surface area contributed by atoms with E-state index in [2.05, 4.69) is 48.1 Å². The van der Waals surface area contributed by atoms with Crippen molar-refractivity contribution in [1.29, 1.82) is 0 Å². The second kappa shape index (κ2) is 4.01. The minimum Gasteiger partial charge on any atom is -0.297 e. The van der Waals surface area contributed by atoms with Crippen LogP contribution in [0.15, 0.2) is 36.5 Å². The van der Waals surface area contributed by atoms with E-state index in [0.717, 1.165) is 35.7 Å². The lowest BCUT2D eigenvalue weighted by Gasteiger charge is -2.08. The second-order valence-corrected chi connectivity index (χ2v) is 4.89. The molecule has 0 N–H and O–H groups in total. The van der Waals surface area contributed by atoms with Crippen LogP contribution in [-0.2, 0) is 6.42 Å². The van der Waals surface area contributed by atoms with Gasteiger partial charge in [-0.3, -0.25) is 8.10 Å². The van der Waals surface area contributed by atoms with Gasteiger partial charge in [-0.1, -0.05) is 30.3 Å². The summed E-state index contributed by atoms with van der Waals surface area (Å²) in [6.07, 6.45) is 2.87. The summed E-state index contributed by atoms with van der Waals surface area (Å²) in [6.45, 7) is 1.01. The molecule has 2 heterocycles. The van der Waals surface area contributed by atoms with E-state index in [1.807, 2.05) is 24.4 Å². The van der Waals surface area contributed by atoms with E-state index in [4.69, 9.17) is 0 Å². The van der Waals surface area contributed by atoms with Crippen LogP contribution < -0.4 is 3.11 Å². The Hall–Kier alpha value is -1.17. The molecular formula is C12H10IN3. The molecule has 0 saturated heterocycles. The molecule has 80 valence electrons. The number of benzene rings is 1. The van der Waals surface area contributed by atoms with E-state index in [0.29, 0.717) is 0 Å². The lowest BCUT2D eigenvalue weighted by atomic mass is 10.1. The predicted molar refractivity (Wildman–Crippen MR) is 72.5 cm³/mol. The van der Waals surface area contributed by atoms with Crippen LogP contribution in [0.2, 0.25) is 0 Å². The normalized spacial score (nSPS) is 13.9. The molecule has 0 saturated carbocycles. The van der Waals surface area contributed by atoms with E-state index in [9.17, 15) is 0 Å². The van der Waals surface area contributed by atoms with Crippen molar-refractivity contribution in [2.24, 2.45) is 0 Å². The zero-order chi connectivity index (χ0) is 11.0. The molecule has 1 aliphatic rings. The van der Waals surface area contributed by atoms with E-state index in [-0.39, 0.29) is 0 Å². The average molecular weight is 323 g/mol. The fourth-order valence-electron chi connectivity index (χ4n) is 1.83. The van der Waals surface area contributed by atoms with Gasteiger partial charge in [-0.25, -0.2) is 4.98 Å². The van der Waals surface area contributed by atoms with Crippen LogP contribution in [0.1, 0.15) is 5.69 Å². The average Bonchev–Trinajstić information content (AvgIpc) is 2.72. The number of fused-ring (bicyclic) bond motifs is 1. The Morgan fingerprint density at radius 3 is 2.81 bits per heavy atom. The first-order valence-corrected chi connectivity index (χ1v) is 6.16. The Bertz CT molecular complexity index is 513. The second-order valence-electron chi connectivity index (χ2n) is 3.73. The van der Waals surface area contributed by atoms with E-state index < -0.39 is 0 Å². The number of hydrogen-bond acceptors (Lipinski definition) is 3. The van der Waals surface area contributed by atoms with Gasteiger partial charge in [0.15, 0.2) is 5.82 Å². The van der Waals surface area contributed by atoms with E-state index in [1.165, 1.54) is 0 Å². The number of nitrogens with zero attached hydrogens (tertiary/aromatic N) is 3. The quantitative estimate of drug-likeness (QED) is 0.597. The first kappa shape index (κ1) is 10.0. The van der Waals surface area contributed by atoms with Gasteiger partial charge in [-0.15, -0.1) is 0 Å². The molecule has 0 unspecified atom stereocenters. The van der Waals surface area contributed by atoms with Crippen LogP contribution in [0.5, 0.6) is 0 Å². The van der Waals surface area contributed by atoms with Gasteiger partial charge in [0.05, 0.1) is 40.4 Å². The van der Waals surface area contributed by atoms with Crippen molar-refractivity contribution in [3.8, 4) is 11.3 Å².